The summed E-state index contributed by atoms with van der Waals surface area (Å²) in [5, 5.41) is 5.34. The van der Waals surface area contributed by atoms with E-state index in [2.05, 4.69) is 15.6 Å². The average molecular weight is 235 g/mol. The summed E-state index contributed by atoms with van der Waals surface area (Å²) in [6, 6.07) is 3.68. The van der Waals surface area contributed by atoms with Gasteiger partial charge in [0.05, 0.1) is 0 Å². The van der Waals surface area contributed by atoms with Crippen molar-refractivity contribution < 1.29 is 9.59 Å². The maximum absolute atomic E-state index is 11.4. The van der Waals surface area contributed by atoms with Gasteiger partial charge >= 0.3 is 0 Å². The van der Waals surface area contributed by atoms with Gasteiger partial charge in [0, 0.05) is 25.0 Å². The highest BCUT2D eigenvalue weighted by Crippen LogP contribution is 1.95. The topological polar surface area (TPSA) is 71.1 Å². The third kappa shape index (κ3) is 5.65. The summed E-state index contributed by atoms with van der Waals surface area (Å²) in [4.78, 5) is 26.6. The normalized spacial score (nSPS) is 10.1. The van der Waals surface area contributed by atoms with Crippen LogP contribution in [0.15, 0.2) is 24.5 Å². The number of carbonyl (C=O) groups excluding carboxylic acids is 2. The van der Waals surface area contributed by atoms with Crippen LogP contribution in [-0.4, -0.2) is 22.8 Å². The van der Waals surface area contributed by atoms with Crippen LogP contribution in [0.5, 0.6) is 0 Å². The Morgan fingerprint density at radius 1 is 1.24 bits per heavy atom. The molecule has 0 spiro atoms. The Kier molecular flexibility index (Phi) is 5.13. The summed E-state index contributed by atoms with van der Waals surface area (Å²) in [6.07, 6.45) is 3.18. The van der Waals surface area contributed by atoms with Gasteiger partial charge in [-0.1, -0.05) is 0 Å². The number of aromatic nitrogens is 1. The van der Waals surface area contributed by atoms with E-state index in [0.29, 0.717) is 6.54 Å². The Morgan fingerprint density at radius 2 is 1.88 bits per heavy atom. The lowest BCUT2D eigenvalue weighted by molar-refractivity contribution is -0.129. The van der Waals surface area contributed by atoms with Crippen molar-refractivity contribution in [3.8, 4) is 0 Å². The van der Waals surface area contributed by atoms with E-state index in [9.17, 15) is 9.59 Å². The van der Waals surface area contributed by atoms with E-state index in [1.807, 2.05) is 26.0 Å². The second-order valence-corrected chi connectivity index (χ2v) is 4.03. The Labute approximate surface area is 101 Å². The fraction of sp³-hybridized carbons (Fsp3) is 0.417. The first-order chi connectivity index (χ1) is 8.08. The van der Waals surface area contributed by atoms with Gasteiger partial charge in [-0.25, -0.2) is 0 Å². The van der Waals surface area contributed by atoms with Crippen molar-refractivity contribution in [2.75, 3.05) is 0 Å². The maximum atomic E-state index is 11.4. The number of nitrogens with one attached hydrogen (secondary N) is 2. The minimum atomic E-state index is -0.278. The molecule has 0 aliphatic rings. The van der Waals surface area contributed by atoms with Gasteiger partial charge in [-0.05, 0) is 31.5 Å². The molecule has 0 fully saturated rings. The first-order valence-corrected chi connectivity index (χ1v) is 5.53. The van der Waals surface area contributed by atoms with Gasteiger partial charge in [0.25, 0.3) is 0 Å². The van der Waals surface area contributed by atoms with Crippen LogP contribution in [0.3, 0.4) is 0 Å². The molecule has 0 aliphatic heterocycles. The van der Waals surface area contributed by atoms with E-state index in [0.717, 1.165) is 5.56 Å². The first-order valence-electron chi connectivity index (χ1n) is 5.53. The molecule has 0 bridgehead atoms. The Morgan fingerprint density at radius 3 is 2.47 bits per heavy atom. The van der Waals surface area contributed by atoms with E-state index < -0.39 is 0 Å². The Balaban J connectivity index is 2.28. The van der Waals surface area contributed by atoms with Crippen molar-refractivity contribution in [1.29, 1.82) is 0 Å². The molecular formula is C12H17N3O2. The molecule has 0 radical (unpaired) electrons. The van der Waals surface area contributed by atoms with Crippen molar-refractivity contribution in [1.82, 2.24) is 15.6 Å². The number of amides is 2. The zero-order chi connectivity index (χ0) is 12.7. The molecular weight excluding hydrogens is 218 g/mol. The van der Waals surface area contributed by atoms with Crippen LogP contribution in [0.4, 0.5) is 0 Å². The summed E-state index contributed by atoms with van der Waals surface area (Å²) in [6.45, 7) is 4.12. The lowest BCUT2D eigenvalue weighted by Gasteiger charge is -2.08. The predicted octanol–water partition coefficient (Wildman–Crippen LogP) is 0.612. The molecule has 17 heavy (non-hydrogen) atoms. The van der Waals surface area contributed by atoms with Crippen molar-refractivity contribution >= 4 is 11.8 Å². The van der Waals surface area contributed by atoms with E-state index in [1.165, 1.54) is 0 Å². The Bertz CT molecular complexity index is 377. The summed E-state index contributed by atoms with van der Waals surface area (Å²) in [7, 11) is 0. The highest BCUT2D eigenvalue weighted by Gasteiger charge is 2.09. The fourth-order valence-corrected chi connectivity index (χ4v) is 1.28. The molecule has 0 saturated carbocycles. The number of nitrogens with zero attached hydrogens (tertiary/aromatic N) is 1. The summed E-state index contributed by atoms with van der Waals surface area (Å²) in [5.74, 6) is -0.535. The highest BCUT2D eigenvalue weighted by molar-refractivity contribution is 5.96. The average Bonchev–Trinajstić information content (AvgIpc) is 2.26. The van der Waals surface area contributed by atoms with Gasteiger partial charge in [0.1, 0.15) is 6.42 Å². The van der Waals surface area contributed by atoms with Crippen molar-refractivity contribution in [3.63, 3.8) is 0 Å². The fourth-order valence-electron chi connectivity index (χ4n) is 1.28. The second kappa shape index (κ2) is 6.62. The molecule has 1 rings (SSSR count). The van der Waals surface area contributed by atoms with Crippen molar-refractivity contribution in [2.45, 2.75) is 32.9 Å². The molecule has 1 aromatic heterocycles. The first kappa shape index (κ1) is 13.2. The number of rotatable bonds is 5. The van der Waals surface area contributed by atoms with Crippen LogP contribution in [0.25, 0.3) is 0 Å². The smallest absolute Gasteiger partial charge is 0.229 e. The van der Waals surface area contributed by atoms with Crippen LogP contribution >= 0.6 is 0 Å². The van der Waals surface area contributed by atoms with Crippen LogP contribution in [-0.2, 0) is 16.1 Å². The summed E-state index contributed by atoms with van der Waals surface area (Å²) >= 11 is 0. The number of carbonyl (C=O) groups is 2. The molecule has 5 nitrogen and oxygen atoms in total. The van der Waals surface area contributed by atoms with Gasteiger partial charge in [0.2, 0.25) is 11.8 Å². The van der Waals surface area contributed by atoms with E-state index >= 15 is 0 Å². The monoisotopic (exact) mass is 235 g/mol. The van der Waals surface area contributed by atoms with E-state index in [-0.39, 0.29) is 24.3 Å². The van der Waals surface area contributed by atoms with E-state index in [1.54, 1.807) is 12.4 Å². The second-order valence-electron chi connectivity index (χ2n) is 4.03. The molecule has 1 heterocycles. The van der Waals surface area contributed by atoms with Gasteiger partial charge < -0.3 is 10.6 Å². The van der Waals surface area contributed by atoms with E-state index in [4.69, 9.17) is 0 Å². The number of hydrogen-bond donors (Lipinski definition) is 2. The molecule has 5 heteroatoms. The minimum absolute atomic E-state index is 0.0514. The molecule has 0 unspecified atom stereocenters. The van der Waals surface area contributed by atoms with Crippen LogP contribution < -0.4 is 10.6 Å². The molecule has 0 atom stereocenters. The highest BCUT2D eigenvalue weighted by atomic mass is 16.2. The zero-order valence-corrected chi connectivity index (χ0v) is 10.1. The molecule has 0 saturated heterocycles. The molecule has 1 aromatic rings. The summed E-state index contributed by atoms with van der Waals surface area (Å²) < 4.78 is 0. The molecule has 92 valence electrons. The molecule has 2 amide bonds. The lowest BCUT2D eigenvalue weighted by atomic mass is 10.2. The SMILES string of the molecule is CC(C)NC(=O)CC(=O)NCc1ccncc1. The van der Waals surface area contributed by atoms with Gasteiger partial charge in [0.15, 0.2) is 0 Å². The molecule has 0 aromatic carbocycles. The van der Waals surface area contributed by atoms with Gasteiger partial charge in [-0.3, -0.25) is 14.6 Å². The lowest BCUT2D eigenvalue weighted by Crippen LogP contribution is -2.35. The van der Waals surface area contributed by atoms with Gasteiger partial charge in [-0.2, -0.15) is 0 Å². The summed E-state index contributed by atoms with van der Waals surface area (Å²) in [5.41, 5.74) is 0.956. The quantitative estimate of drug-likeness (QED) is 0.735. The van der Waals surface area contributed by atoms with Crippen LogP contribution in [0.2, 0.25) is 0 Å². The number of hydrogen-bond acceptors (Lipinski definition) is 3. The number of pyridine rings is 1. The molecule has 0 aliphatic carbocycles. The molecule has 2 N–H and O–H groups in total. The third-order valence-corrected chi connectivity index (χ3v) is 2.01. The standard InChI is InChI=1S/C12H17N3O2/c1-9(2)15-12(17)7-11(16)14-8-10-3-5-13-6-4-10/h3-6,9H,7-8H2,1-2H3,(H,14,16)(H,15,17). The maximum Gasteiger partial charge on any atom is 0.229 e. The zero-order valence-electron chi connectivity index (χ0n) is 10.1. The Hall–Kier alpha value is -1.91. The third-order valence-electron chi connectivity index (χ3n) is 2.01. The van der Waals surface area contributed by atoms with Crippen LogP contribution in [0.1, 0.15) is 25.8 Å². The predicted molar refractivity (Wildman–Crippen MR) is 64.0 cm³/mol. The minimum Gasteiger partial charge on any atom is -0.353 e. The van der Waals surface area contributed by atoms with Crippen LogP contribution in [0, 0.1) is 0 Å². The van der Waals surface area contributed by atoms with Gasteiger partial charge in [-0.15, -0.1) is 0 Å². The van der Waals surface area contributed by atoms with Crippen molar-refractivity contribution in [3.05, 3.63) is 30.1 Å². The largest absolute Gasteiger partial charge is 0.353 e. The van der Waals surface area contributed by atoms with Crippen molar-refractivity contribution in [2.24, 2.45) is 0 Å².